The molecule has 1 aromatic rings. The Morgan fingerprint density at radius 3 is 2.54 bits per heavy atom. The lowest BCUT2D eigenvalue weighted by molar-refractivity contribution is -0.0538. The summed E-state index contributed by atoms with van der Waals surface area (Å²) in [6, 6.07) is 7.76. The Morgan fingerprint density at radius 2 is 1.72 bits per heavy atom. The molecule has 39 heavy (non-hydrogen) atoms. The van der Waals surface area contributed by atoms with E-state index in [9.17, 15) is 4.79 Å². The monoisotopic (exact) mass is 534 g/mol. The number of rotatable bonds is 10. The van der Waals surface area contributed by atoms with Gasteiger partial charge in [-0.05, 0) is 104 Å². The molecule has 4 aliphatic carbocycles. The minimum Gasteiger partial charge on any atom is -0.430 e. The average Bonchev–Trinajstić information content (AvgIpc) is 3.27. The highest BCUT2D eigenvalue weighted by Gasteiger charge is 2.58. The summed E-state index contributed by atoms with van der Waals surface area (Å²) >= 11 is 0. The van der Waals surface area contributed by atoms with Crippen LogP contribution < -0.4 is 4.74 Å². The van der Waals surface area contributed by atoms with E-state index >= 15 is 0 Å². The molecule has 0 unspecified atom stereocenters. The van der Waals surface area contributed by atoms with E-state index in [1.807, 2.05) is 24.3 Å². The summed E-state index contributed by atoms with van der Waals surface area (Å²) in [7, 11) is 0. The molecule has 7 atom stereocenters. The van der Waals surface area contributed by atoms with Crippen molar-refractivity contribution in [2.45, 2.75) is 137 Å². The first-order valence-electron chi connectivity index (χ1n) is 16.5. The number of carbonyl (C=O) groups is 1. The molecular formula is C36H54O3. The summed E-state index contributed by atoms with van der Waals surface area (Å²) in [4.78, 5) is 12.7. The molecule has 3 nitrogen and oxygen atoms in total. The van der Waals surface area contributed by atoms with Gasteiger partial charge in [-0.1, -0.05) is 96.1 Å². The summed E-state index contributed by atoms with van der Waals surface area (Å²) in [5.41, 5.74) is 3.44. The lowest BCUT2D eigenvalue weighted by Crippen LogP contribution is -2.50. The predicted molar refractivity (Wildman–Crippen MR) is 160 cm³/mol. The fraction of sp³-hybridized carbons (Fsp3) is 0.750. The van der Waals surface area contributed by atoms with Crippen LogP contribution in [0.15, 0.2) is 35.9 Å². The zero-order valence-electron chi connectivity index (χ0n) is 25.3. The van der Waals surface area contributed by atoms with Crippen LogP contribution in [0.1, 0.15) is 130 Å². The molecule has 4 aliphatic rings. The lowest BCUT2D eigenvalue weighted by Gasteiger charge is -2.58. The molecule has 0 radical (unpaired) electrons. The predicted octanol–water partition coefficient (Wildman–Crippen LogP) is 10.5. The van der Waals surface area contributed by atoms with Gasteiger partial charge < -0.3 is 9.47 Å². The van der Waals surface area contributed by atoms with Crippen LogP contribution in [0.3, 0.4) is 0 Å². The van der Waals surface area contributed by atoms with E-state index in [2.05, 4.69) is 33.8 Å². The van der Waals surface area contributed by atoms with Crippen LogP contribution in [0, 0.1) is 34.5 Å². The maximum absolute atomic E-state index is 12.7. The maximum Gasteiger partial charge on any atom is 0.514 e. The number of carbonyl (C=O) groups excluding carboxylic acids is 1. The van der Waals surface area contributed by atoms with Crippen LogP contribution in [0.25, 0.3) is 0 Å². The van der Waals surface area contributed by atoms with Crippen LogP contribution in [0.5, 0.6) is 5.75 Å². The molecule has 3 fully saturated rings. The second-order valence-electron chi connectivity index (χ2n) is 13.9. The standard InChI is InChI=1S/C36H54O3/c1-5-7-8-9-10-11-15-27-18-20-31-30-19-17-28-25-29(21-23-36(28,4)32(30)22-24-35(27,31)3)38-34(37)39-33-16-13-12-14-26(33)6-2/h12-14,16-17,27,29-32H,5-11,15,18-25H2,1-4H3/t27-,29+,30-,31-,32-,35-,36+/m1/s1. The van der Waals surface area contributed by atoms with E-state index in [1.54, 1.807) is 5.57 Å². The van der Waals surface area contributed by atoms with Crippen molar-refractivity contribution in [1.29, 1.82) is 0 Å². The van der Waals surface area contributed by atoms with E-state index in [-0.39, 0.29) is 11.5 Å². The molecule has 3 heteroatoms. The van der Waals surface area contributed by atoms with Gasteiger partial charge in [-0.25, -0.2) is 4.79 Å². The van der Waals surface area contributed by atoms with Gasteiger partial charge >= 0.3 is 6.16 Å². The number of hydrogen-bond acceptors (Lipinski definition) is 3. The Kier molecular flexibility index (Phi) is 9.14. The molecule has 216 valence electrons. The van der Waals surface area contributed by atoms with Gasteiger partial charge in [-0.15, -0.1) is 0 Å². The fourth-order valence-electron chi connectivity index (χ4n) is 9.63. The van der Waals surface area contributed by atoms with Gasteiger partial charge in [0.2, 0.25) is 0 Å². The summed E-state index contributed by atoms with van der Waals surface area (Å²) in [6.07, 6.45) is 22.7. The minimum absolute atomic E-state index is 0.0655. The molecule has 0 N–H and O–H groups in total. The molecule has 3 saturated carbocycles. The number of fused-ring (bicyclic) bond motifs is 5. The molecular weight excluding hydrogens is 480 g/mol. The first kappa shape index (κ1) is 28.7. The van der Waals surface area contributed by atoms with E-state index in [4.69, 9.17) is 9.47 Å². The zero-order valence-corrected chi connectivity index (χ0v) is 25.3. The fourth-order valence-corrected chi connectivity index (χ4v) is 9.63. The Hall–Kier alpha value is -1.77. The molecule has 0 amide bonds. The van der Waals surface area contributed by atoms with Crippen LogP contribution in [0.4, 0.5) is 4.79 Å². The second kappa shape index (κ2) is 12.4. The van der Waals surface area contributed by atoms with Gasteiger partial charge in [-0.3, -0.25) is 0 Å². The van der Waals surface area contributed by atoms with E-state index in [0.717, 1.165) is 54.9 Å². The van der Waals surface area contributed by atoms with Crippen molar-refractivity contribution in [3.05, 3.63) is 41.5 Å². The van der Waals surface area contributed by atoms with Crippen molar-refractivity contribution in [1.82, 2.24) is 0 Å². The number of ether oxygens (including phenoxy) is 2. The van der Waals surface area contributed by atoms with Crippen molar-refractivity contribution >= 4 is 6.16 Å². The highest BCUT2D eigenvalue weighted by molar-refractivity contribution is 5.64. The number of unbranched alkanes of at least 4 members (excludes halogenated alkanes) is 5. The zero-order chi connectivity index (χ0) is 27.5. The molecule has 0 aliphatic heterocycles. The molecule has 0 saturated heterocycles. The van der Waals surface area contributed by atoms with Gasteiger partial charge in [0.25, 0.3) is 0 Å². The number of aryl methyl sites for hydroxylation is 1. The van der Waals surface area contributed by atoms with E-state index < -0.39 is 6.16 Å². The third-order valence-electron chi connectivity index (χ3n) is 12.0. The van der Waals surface area contributed by atoms with Crippen molar-refractivity contribution in [3.8, 4) is 5.75 Å². The van der Waals surface area contributed by atoms with Crippen molar-refractivity contribution in [2.75, 3.05) is 0 Å². The first-order valence-corrected chi connectivity index (χ1v) is 16.5. The van der Waals surface area contributed by atoms with Crippen LogP contribution in [-0.4, -0.2) is 12.3 Å². The third kappa shape index (κ3) is 5.84. The van der Waals surface area contributed by atoms with E-state index in [0.29, 0.717) is 11.2 Å². The number of benzene rings is 1. The highest BCUT2D eigenvalue weighted by atomic mass is 16.7. The average molecular weight is 535 g/mol. The Bertz CT molecular complexity index is 1010. The van der Waals surface area contributed by atoms with Crippen molar-refractivity contribution < 1.29 is 14.3 Å². The molecule has 0 bridgehead atoms. The number of hydrogen-bond donors (Lipinski definition) is 0. The Labute approximate surface area is 238 Å². The second-order valence-corrected chi connectivity index (χ2v) is 13.9. The number of allylic oxidation sites excluding steroid dienone is 1. The molecule has 1 aromatic carbocycles. The van der Waals surface area contributed by atoms with Gasteiger partial charge in [0, 0.05) is 6.42 Å². The highest BCUT2D eigenvalue weighted by Crippen LogP contribution is 2.66. The summed E-state index contributed by atoms with van der Waals surface area (Å²) in [5, 5.41) is 0. The minimum atomic E-state index is -0.547. The molecule has 0 spiro atoms. The van der Waals surface area contributed by atoms with Gasteiger partial charge in [0.05, 0.1) is 0 Å². The number of para-hydroxylation sites is 1. The van der Waals surface area contributed by atoms with Crippen molar-refractivity contribution in [2.24, 2.45) is 34.5 Å². The van der Waals surface area contributed by atoms with Crippen LogP contribution >= 0.6 is 0 Å². The summed E-state index contributed by atoms with van der Waals surface area (Å²) in [5.74, 6) is 4.12. The topological polar surface area (TPSA) is 35.5 Å². The summed E-state index contributed by atoms with van der Waals surface area (Å²) < 4.78 is 11.5. The molecule has 5 rings (SSSR count). The van der Waals surface area contributed by atoms with Gasteiger partial charge in [0.15, 0.2) is 0 Å². The first-order chi connectivity index (χ1) is 18.9. The quantitative estimate of drug-likeness (QED) is 0.130. The summed E-state index contributed by atoms with van der Waals surface area (Å²) in [6.45, 7) is 9.61. The van der Waals surface area contributed by atoms with Crippen LogP contribution in [-0.2, 0) is 11.2 Å². The lowest BCUT2D eigenvalue weighted by atomic mass is 9.47. The Balaban J connectivity index is 1.18. The van der Waals surface area contributed by atoms with Gasteiger partial charge in [-0.2, -0.15) is 0 Å². The normalized spacial score (nSPS) is 35.4. The van der Waals surface area contributed by atoms with Gasteiger partial charge in [0.1, 0.15) is 11.9 Å². The maximum atomic E-state index is 12.7. The largest absolute Gasteiger partial charge is 0.514 e. The Morgan fingerprint density at radius 1 is 0.923 bits per heavy atom. The van der Waals surface area contributed by atoms with Crippen LogP contribution in [0.2, 0.25) is 0 Å². The van der Waals surface area contributed by atoms with Crippen molar-refractivity contribution in [3.63, 3.8) is 0 Å². The smallest absolute Gasteiger partial charge is 0.430 e. The molecule has 0 heterocycles. The van der Waals surface area contributed by atoms with E-state index in [1.165, 1.54) is 77.0 Å². The molecule has 0 aromatic heterocycles. The third-order valence-corrected chi connectivity index (χ3v) is 12.0. The SMILES string of the molecule is CCCCCCCC[C@@H]1CC[C@@H]2[C@H]3CC=C4C[C@@H](OC(=O)Oc5ccccc5CC)CC[C@]4(C)[C@@H]3CC[C@]12C.